The highest BCUT2D eigenvalue weighted by atomic mass is 32.1. The van der Waals surface area contributed by atoms with Crippen molar-refractivity contribution in [3.63, 3.8) is 0 Å². The first kappa shape index (κ1) is 19.6. The maximum Gasteiger partial charge on any atom is 0.256 e. The summed E-state index contributed by atoms with van der Waals surface area (Å²) in [6.45, 7) is 8.74. The molecule has 0 unspecified atom stereocenters. The predicted octanol–water partition coefficient (Wildman–Crippen LogP) is 4.82. The maximum absolute atomic E-state index is 12.8. The molecule has 1 heterocycles. The Labute approximate surface area is 165 Å². The topological polar surface area (TPSA) is 58.2 Å². The van der Waals surface area contributed by atoms with Gasteiger partial charge in [-0.15, -0.1) is 11.3 Å². The number of carbonyl (C=O) groups is 2. The van der Waals surface area contributed by atoms with Crippen LogP contribution in [0.1, 0.15) is 63.9 Å². The van der Waals surface area contributed by atoms with Crippen molar-refractivity contribution in [1.29, 1.82) is 0 Å². The minimum absolute atomic E-state index is 0.123. The normalized spacial score (nSPS) is 16.6. The lowest BCUT2D eigenvalue weighted by molar-refractivity contribution is 0.0963. The molecule has 1 aromatic heterocycles. The van der Waals surface area contributed by atoms with E-state index in [9.17, 15) is 9.59 Å². The lowest BCUT2D eigenvalue weighted by atomic mass is 9.72. The van der Waals surface area contributed by atoms with Crippen LogP contribution in [0.25, 0.3) is 0 Å². The number of thiophene rings is 1. The second-order valence-electron chi connectivity index (χ2n) is 8.36. The number of anilines is 1. The van der Waals surface area contributed by atoms with E-state index in [2.05, 4.69) is 31.4 Å². The average Bonchev–Trinajstić information content (AvgIpc) is 2.97. The van der Waals surface area contributed by atoms with E-state index in [1.165, 1.54) is 4.88 Å². The van der Waals surface area contributed by atoms with Crippen molar-refractivity contribution in [1.82, 2.24) is 5.32 Å². The number of hydrogen-bond donors (Lipinski definition) is 2. The smallest absolute Gasteiger partial charge is 0.256 e. The molecule has 2 amide bonds. The van der Waals surface area contributed by atoms with E-state index >= 15 is 0 Å². The summed E-state index contributed by atoms with van der Waals surface area (Å²) < 4.78 is 0. The van der Waals surface area contributed by atoms with Crippen molar-refractivity contribution < 1.29 is 9.59 Å². The van der Waals surface area contributed by atoms with Crippen molar-refractivity contribution in [3.8, 4) is 0 Å². The minimum Gasteiger partial charge on any atom is -0.355 e. The molecule has 4 nitrogen and oxygen atoms in total. The molecule has 1 aliphatic rings. The van der Waals surface area contributed by atoms with Gasteiger partial charge in [-0.1, -0.05) is 39.0 Å². The van der Waals surface area contributed by atoms with Gasteiger partial charge in [-0.2, -0.15) is 0 Å². The standard InChI is InChI=1S/C22H28N2O2S/c1-13-8-6-7-9-15(13)19(25)24-21-18(20(26)23-5)16-11-10-14(22(2,3)4)12-17(16)27-21/h6-9,14H,10-12H2,1-5H3,(H,23,26)(H,24,25)/t14-/m0/s1. The summed E-state index contributed by atoms with van der Waals surface area (Å²) >= 11 is 1.56. The van der Waals surface area contributed by atoms with Crippen LogP contribution >= 0.6 is 11.3 Å². The molecule has 0 saturated heterocycles. The van der Waals surface area contributed by atoms with E-state index in [-0.39, 0.29) is 17.2 Å². The Morgan fingerprint density at radius 1 is 1.15 bits per heavy atom. The zero-order valence-corrected chi connectivity index (χ0v) is 17.5. The van der Waals surface area contributed by atoms with Gasteiger partial charge in [-0.05, 0) is 54.7 Å². The Balaban J connectivity index is 1.96. The van der Waals surface area contributed by atoms with Crippen molar-refractivity contribution in [3.05, 3.63) is 51.4 Å². The monoisotopic (exact) mass is 384 g/mol. The number of carbonyl (C=O) groups excluding carboxylic acids is 2. The third-order valence-electron chi connectivity index (χ3n) is 5.56. The summed E-state index contributed by atoms with van der Waals surface area (Å²) in [5.41, 5.74) is 3.55. The second kappa shape index (κ2) is 7.47. The number of fused-ring (bicyclic) bond motifs is 1. The zero-order chi connectivity index (χ0) is 19.8. The molecule has 0 saturated carbocycles. The number of nitrogens with one attached hydrogen (secondary N) is 2. The molecule has 2 N–H and O–H groups in total. The largest absolute Gasteiger partial charge is 0.355 e. The number of amides is 2. The molecule has 0 spiro atoms. The molecular formula is C22H28N2O2S. The third kappa shape index (κ3) is 3.93. The fourth-order valence-corrected chi connectivity index (χ4v) is 5.10. The van der Waals surface area contributed by atoms with Gasteiger partial charge in [0.1, 0.15) is 5.00 Å². The SMILES string of the molecule is CNC(=O)c1c(NC(=O)c2ccccc2C)sc2c1CC[C@H](C(C)(C)C)C2. The first-order chi connectivity index (χ1) is 12.7. The van der Waals surface area contributed by atoms with Crippen LogP contribution in [0.3, 0.4) is 0 Å². The first-order valence-electron chi connectivity index (χ1n) is 9.46. The van der Waals surface area contributed by atoms with Gasteiger partial charge in [-0.3, -0.25) is 9.59 Å². The Kier molecular flexibility index (Phi) is 5.43. The second-order valence-corrected chi connectivity index (χ2v) is 9.47. The van der Waals surface area contributed by atoms with Crippen LogP contribution in [0.15, 0.2) is 24.3 Å². The van der Waals surface area contributed by atoms with Crippen LogP contribution in [-0.4, -0.2) is 18.9 Å². The summed E-state index contributed by atoms with van der Waals surface area (Å²) in [7, 11) is 1.64. The Bertz CT molecular complexity index is 877. The lowest BCUT2D eigenvalue weighted by Gasteiger charge is -2.33. The molecule has 1 aliphatic carbocycles. The molecule has 2 aromatic rings. The summed E-state index contributed by atoms with van der Waals surface area (Å²) in [5.74, 6) is 0.298. The first-order valence-corrected chi connectivity index (χ1v) is 10.3. The molecule has 144 valence electrons. The maximum atomic E-state index is 12.8. The molecule has 3 rings (SSSR count). The van der Waals surface area contributed by atoms with E-state index in [1.807, 2.05) is 31.2 Å². The molecular weight excluding hydrogens is 356 g/mol. The van der Waals surface area contributed by atoms with Gasteiger partial charge in [0.15, 0.2) is 0 Å². The fraction of sp³-hybridized carbons (Fsp3) is 0.455. The average molecular weight is 385 g/mol. The lowest BCUT2D eigenvalue weighted by Crippen LogP contribution is -2.27. The number of aryl methyl sites for hydroxylation is 1. The molecule has 5 heteroatoms. The summed E-state index contributed by atoms with van der Waals surface area (Å²) in [4.78, 5) is 26.6. The van der Waals surface area contributed by atoms with Crippen molar-refractivity contribution in [2.24, 2.45) is 11.3 Å². The van der Waals surface area contributed by atoms with Gasteiger partial charge in [0, 0.05) is 17.5 Å². The van der Waals surface area contributed by atoms with Crippen molar-refractivity contribution in [2.75, 3.05) is 12.4 Å². The minimum atomic E-state index is -0.163. The Morgan fingerprint density at radius 3 is 2.48 bits per heavy atom. The van der Waals surface area contributed by atoms with E-state index in [1.54, 1.807) is 18.4 Å². The van der Waals surface area contributed by atoms with Crippen LogP contribution in [0.2, 0.25) is 0 Å². The van der Waals surface area contributed by atoms with Gasteiger partial charge >= 0.3 is 0 Å². The molecule has 1 aromatic carbocycles. The van der Waals surface area contributed by atoms with Crippen LogP contribution in [0.4, 0.5) is 5.00 Å². The highest BCUT2D eigenvalue weighted by Gasteiger charge is 2.34. The Morgan fingerprint density at radius 2 is 1.85 bits per heavy atom. The van der Waals surface area contributed by atoms with Crippen LogP contribution in [-0.2, 0) is 12.8 Å². The van der Waals surface area contributed by atoms with Crippen LogP contribution in [0, 0.1) is 18.3 Å². The van der Waals surface area contributed by atoms with E-state index in [0.717, 1.165) is 30.4 Å². The van der Waals surface area contributed by atoms with Gasteiger partial charge in [0.05, 0.1) is 5.56 Å². The quantitative estimate of drug-likeness (QED) is 0.797. The highest BCUT2D eigenvalue weighted by molar-refractivity contribution is 7.17. The van der Waals surface area contributed by atoms with Crippen molar-refractivity contribution >= 4 is 28.2 Å². The molecule has 0 radical (unpaired) electrons. The third-order valence-corrected chi connectivity index (χ3v) is 6.73. The van der Waals surface area contributed by atoms with Crippen LogP contribution in [0.5, 0.6) is 0 Å². The van der Waals surface area contributed by atoms with Crippen LogP contribution < -0.4 is 10.6 Å². The van der Waals surface area contributed by atoms with Gasteiger partial charge in [0.25, 0.3) is 11.8 Å². The number of benzene rings is 1. The van der Waals surface area contributed by atoms with Gasteiger partial charge in [-0.25, -0.2) is 0 Å². The van der Waals surface area contributed by atoms with E-state index in [0.29, 0.717) is 22.0 Å². The van der Waals surface area contributed by atoms with Gasteiger partial charge < -0.3 is 10.6 Å². The molecule has 0 fully saturated rings. The number of hydrogen-bond acceptors (Lipinski definition) is 3. The fourth-order valence-electron chi connectivity index (χ4n) is 3.78. The summed E-state index contributed by atoms with van der Waals surface area (Å²) in [6.07, 6.45) is 2.92. The summed E-state index contributed by atoms with van der Waals surface area (Å²) in [6, 6.07) is 7.50. The van der Waals surface area contributed by atoms with Crippen molar-refractivity contribution in [2.45, 2.75) is 47.0 Å². The zero-order valence-electron chi connectivity index (χ0n) is 16.7. The molecule has 0 bridgehead atoms. The molecule has 27 heavy (non-hydrogen) atoms. The van der Waals surface area contributed by atoms with Gasteiger partial charge in [0.2, 0.25) is 0 Å². The molecule has 0 aliphatic heterocycles. The van der Waals surface area contributed by atoms with E-state index < -0.39 is 0 Å². The van der Waals surface area contributed by atoms with E-state index in [4.69, 9.17) is 0 Å². The Hall–Kier alpha value is -2.14. The predicted molar refractivity (Wildman–Crippen MR) is 112 cm³/mol. The molecule has 1 atom stereocenters. The highest BCUT2D eigenvalue weighted by Crippen LogP contribution is 2.44. The number of rotatable bonds is 3. The summed E-state index contributed by atoms with van der Waals surface area (Å²) in [5, 5.41) is 6.42.